The standard InChI is InChI=1S/C17H25N3O5/c1-2-19(13-17(21)22)14-6-8-18(9-7-14)10-11-25-16-5-3-4-15(12-16)20(23)24/h3-5,12,14H,2,6-11,13H2,1H3,(H,21,22). The fraction of sp³-hybridized carbons (Fsp3) is 0.588. The van der Waals surface area contributed by atoms with E-state index in [1.807, 2.05) is 11.8 Å². The van der Waals surface area contributed by atoms with E-state index in [2.05, 4.69) is 4.90 Å². The number of nitro benzene ring substituents is 1. The second kappa shape index (κ2) is 9.33. The zero-order valence-electron chi connectivity index (χ0n) is 14.5. The molecule has 1 aliphatic heterocycles. The number of nitro groups is 1. The van der Waals surface area contributed by atoms with Gasteiger partial charge in [0.05, 0.1) is 17.5 Å². The summed E-state index contributed by atoms with van der Waals surface area (Å²) in [6.07, 6.45) is 1.88. The number of hydrogen-bond acceptors (Lipinski definition) is 6. The van der Waals surface area contributed by atoms with Crippen LogP contribution in [-0.2, 0) is 4.79 Å². The summed E-state index contributed by atoms with van der Waals surface area (Å²) in [6, 6.07) is 6.51. The van der Waals surface area contributed by atoms with E-state index >= 15 is 0 Å². The molecule has 1 fully saturated rings. The van der Waals surface area contributed by atoms with E-state index in [1.54, 1.807) is 12.1 Å². The quantitative estimate of drug-likeness (QED) is 0.536. The first kappa shape index (κ1) is 19.1. The molecular weight excluding hydrogens is 326 g/mol. The van der Waals surface area contributed by atoms with Gasteiger partial charge in [0.15, 0.2) is 0 Å². The molecule has 1 N–H and O–H groups in total. The lowest BCUT2D eigenvalue weighted by Gasteiger charge is -2.37. The molecule has 0 atom stereocenters. The molecule has 0 aromatic heterocycles. The number of carbonyl (C=O) groups is 1. The first-order valence-corrected chi connectivity index (χ1v) is 8.55. The Morgan fingerprint density at radius 2 is 2.16 bits per heavy atom. The van der Waals surface area contributed by atoms with Gasteiger partial charge in [0.2, 0.25) is 0 Å². The molecule has 8 nitrogen and oxygen atoms in total. The molecule has 1 aliphatic rings. The maximum Gasteiger partial charge on any atom is 0.317 e. The van der Waals surface area contributed by atoms with Crippen molar-refractivity contribution in [3.05, 3.63) is 34.4 Å². The van der Waals surface area contributed by atoms with Crippen molar-refractivity contribution in [1.29, 1.82) is 0 Å². The van der Waals surface area contributed by atoms with Crippen LogP contribution in [0.2, 0.25) is 0 Å². The molecule has 1 aromatic rings. The number of carboxylic acids is 1. The SMILES string of the molecule is CCN(CC(=O)O)C1CCN(CCOc2cccc([N+](=O)[O-])c2)CC1. The summed E-state index contributed by atoms with van der Waals surface area (Å²) >= 11 is 0. The molecule has 0 aliphatic carbocycles. The Balaban J connectivity index is 1.72. The molecule has 0 amide bonds. The van der Waals surface area contributed by atoms with Crippen molar-refractivity contribution in [3.63, 3.8) is 0 Å². The summed E-state index contributed by atoms with van der Waals surface area (Å²) in [5.41, 5.74) is 0.0244. The molecular formula is C17H25N3O5. The highest BCUT2D eigenvalue weighted by molar-refractivity contribution is 5.69. The molecule has 0 radical (unpaired) electrons. The molecule has 0 unspecified atom stereocenters. The first-order valence-electron chi connectivity index (χ1n) is 8.55. The highest BCUT2D eigenvalue weighted by Gasteiger charge is 2.24. The number of piperidine rings is 1. The van der Waals surface area contributed by atoms with Gasteiger partial charge in [-0.3, -0.25) is 24.7 Å². The predicted octanol–water partition coefficient (Wildman–Crippen LogP) is 1.84. The minimum atomic E-state index is -0.783. The van der Waals surface area contributed by atoms with Crippen LogP contribution < -0.4 is 4.74 Å². The highest BCUT2D eigenvalue weighted by atomic mass is 16.6. The van der Waals surface area contributed by atoms with Crippen LogP contribution in [0.4, 0.5) is 5.69 Å². The van der Waals surface area contributed by atoms with E-state index in [9.17, 15) is 14.9 Å². The number of benzene rings is 1. The maximum atomic E-state index is 10.9. The number of hydrogen-bond donors (Lipinski definition) is 1. The molecule has 0 bridgehead atoms. The van der Waals surface area contributed by atoms with E-state index in [-0.39, 0.29) is 12.2 Å². The van der Waals surface area contributed by atoms with Crippen LogP contribution in [0.5, 0.6) is 5.75 Å². The maximum absolute atomic E-state index is 10.9. The van der Waals surface area contributed by atoms with Crippen LogP contribution in [-0.4, -0.2) is 71.2 Å². The summed E-state index contributed by atoms with van der Waals surface area (Å²) in [4.78, 5) is 25.5. The van der Waals surface area contributed by atoms with Gasteiger partial charge in [-0.1, -0.05) is 13.0 Å². The van der Waals surface area contributed by atoms with Crippen molar-refractivity contribution >= 4 is 11.7 Å². The Kier molecular flexibility index (Phi) is 7.15. The fourth-order valence-corrected chi connectivity index (χ4v) is 3.16. The normalized spacial score (nSPS) is 16.1. The molecule has 1 saturated heterocycles. The third-order valence-electron chi connectivity index (χ3n) is 4.52. The van der Waals surface area contributed by atoms with Crippen molar-refractivity contribution in [1.82, 2.24) is 9.80 Å². The summed E-state index contributed by atoms with van der Waals surface area (Å²) in [6.45, 7) is 5.85. The predicted molar refractivity (Wildman–Crippen MR) is 92.9 cm³/mol. The lowest BCUT2D eigenvalue weighted by atomic mass is 10.0. The molecule has 25 heavy (non-hydrogen) atoms. The Morgan fingerprint density at radius 1 is 1.44 bits per heavy atom. The van der Waals surface area contributed by atoms with Gasteiger partial charge in [0, 0.05) is 18.7 Å². The van der Waals surface area contributed by atoms with E-state index in [0.717, 1.165) is 39.0 Å². The zero-order chi connectivity index (χ0) is 18.2. The van der Waals surface area contributed by atoms with E-state index in [4.69, 9.17) is 9.84 Å². The lowest BCUT2D eigenvalue weighted by molar-refractivity contribution is -0.384. The molecule has 138 valence electrons. The monoisotopic (exact) mass is 351 g/mol. The Hall–Kier alpha value is -2.19. The number of likely N-dealkylation sites (tertiary alicyclic amines) is 1. The van der Waals surface area contributed by atoms with Gasteiger partial charge in [0.1, 0.15) is 12.4 Å². The Bertz CT molecular complexity index is 587. The topological polar surface area (TPSA) is 96.2 Å². The number of non-ortho nitro benzene ring substituents is 1. The number of ether oxygens (including phenoxy) is 1. The van der Waals surface area contributed by atoms with Crippen molar-refractivity contribution in [3.8, 4) is 5.75 Å². The average molecular weight is 351 g/mol. The summed E-state index contributed by atoms with van der Waals surface area (Å²) in [5, 5.41) is 19.7. The van der Waals surface area contributed by atoms with Crippen LogP contribution in [0.25, 0.3) is 0 Å². The molecule has 0 saturated carbocycles. The van der Waals surface area contributed by atoms with E-state index in [0.29, 0.717) is 18.4 Å². The minimum Gasteiger partial charge on any atom is -0.492 e. The second-order valence-corrected chi connectivity index (χ2v) is 6.13. The van der Waals surface area contributed by atoms with Crippen LogP contribution in [0.15, 0.2) is 24.3 Å². The number of rotatable bonds is 9. The van der Waals surface area contributed by atoms with Crippen LogP contribution in [0.3, 0.4) is 0 Å². The molecule has 1 heterocycles. The van der Waals surface area contributed by atoms with E-state index < -0.39 is 10.9 Å². The van der Waals surface area contributed by atoms with Crippen molar-refractivity contribution < 1.29 is 19.6 Å². The highest BCUT2D eigenvalue weighted by Crippen LogP contribution is 2.20. The average Bonchev–Trinajstić information content (AvgIpc) is 2.60. The Labute approximate surface area is 147 Å². The largest absolute Gasteiger partial charge is 0.492 e. The van der Waals surface area contributed by atoms with Gasteiger partial charge in [0.25, 0.3) is 5.69 Å². The number of likely N-dealkylation sites (N-methyl/N-ethyl adjacent to an activating group) is 1. The van der Waals surface area contributed by atoms with Crippen LogP contribution in [0, 0.1) is 10.1 Å². The van der Waals surface area contributed by atoms with Crippen molar-refractivity contribution in [2.45, 2.75) is 25.8 Å². The fourth-order valence-electron chi connectivity index (χ4n) is 3.16. The molecule has 1 aromatic carbocycles. The lowest BCUT2D eigenvalue weighted by Crippen LogP contribution is -2.47. The number of aliphatic carboxylic acids is 1. The zero-order valence-corrected chi connectivity index (χ0v) is 14.5. The second-order valence-electron chi connectivity index (χ2n) is 6.13. The van der Waals surface area contributed by atoms with Gasteiger partial charge >= 0.3 is 5.97 Å². The smallest absolute Gasteiger partial charge is 0.317 e. The van der Waals surface area contributed by atoms with Crippen LogP contribution in [0.1, 0.15) is 19.8 Å². The Morgan fingerprint density at radius 3 is 2.76 bits per heavy atom. The van der Waals surface area contributed by atoms with E-state index in [1.165, 1.54) is 12.1 Å². The number of carboxylic acid groups (broad SMARTS) is 1. The van der Waals surface area contributed by atoms with Crippen LogP contribution >= 0.6 is 0 Å². The van der Waals surface area contributed by atoms with Crippen molar-refractivity contribution in [2.24, 2.45) is 0 Å². The minimum absolute atomic E-state index is 0.0244. The van der Waals surface area contributed by atoms with Crippen molar-refractivity contribution in [2.75, 3.05) is 39.3 Å². The van der Waals surface area contributed by atoms with Gasteiger partial charge in [-0.15, -0.1) is 0 Å². The third-order valence-corrected chi connectivity index (χ3v) is 4.52. The molecule has 2 rings (SSSR count). The summed E-state index contributed by atoms with van der Waals surface area (Å²) < 4.78 is 5.61. The van der Waals surface area contributed by atoms with Gasteiger partial charge in [-0.25, -0.2) is 0 Å². The third kappa shape index (κ3) is 5.99. The van der Waals surface area contributed by atoms with Gasteiger partial charge < -0.3 is 9.84 Å². The molecule has 8 heteroatoms. The number of nitrogens with zero attached hydrogens (tertiary/aromatic N) is 3. The first-order chi connectivity index (χ1) is 12.0. The summed E-state index contributed by atoms with van der Waals surface area (Å²) in [7, 11) is 0. The van der Waals surface area contributed by atoms with Gasteiger partial charge in [-0.05, 0) is 38.5 Å². The summed E-state index contributed by atoms with van der Waals surface area (Å²) in [5.74, 6) is -0.280. The molecule has 0 spiro atoms. The van der Waals surface area contributed by atoms with Gasteiger partial charge in [-0.2, -0.15) is 0 Å².